The zero-order valence-electron chi connectivity index (χ0n) is 9.60. The van der Waals surface area contributed by atoms with Gasteiger partial charge >= 0.3 is 0 Å². The fourth-order valence-electron chi connectivity index (χ4n) is 2.76. The maximum Gasteiger partial charge on any atom is 0.136 e. The molecule has 0 aromatic carbocycles. The van der Waals surface area contributed by atoms with Gasteiger partial charge in [0.15, 0.2) is 0 Å². The molecule has 15 heavy (non-hydrogen) atoms. The molecule has 2 heterocycles. The lowest BCUT2D eigenvalue weighted by molar-refractivity contribution is 0.0682. The van der Waals surface area contributed by atoms with Gasteiger partial charge in [-0.15, -0.1) is 0 Å². The van der Waals surface area contributed by atoms with Crippen molar-refractivity contribution in [2.24, 2.45) is 0 Å². The molecule has 0 amide bonds. The fraction of sp³-hybridized carbons (Fsp3) is 1.00. The Balaban J connectivity index is 1.82. The van der Waals surface area contributed by atoms with Gasteiger partial charge in [0, 0.05) is 13.1 Å². The molecule has 0 spiro atoms. The SMILES string of the molecule is FC1(CN2CCCCCC2)CCCNC1. The second-order valence-corrected chi connectivity index (χ2v) is 5.12. The molecule has 1 unspecified atom stereocenters. The molecular weight excluding hydrogens is 191 g/mol. The van der Waals surface area contributed by atoms with E-state index in [9.17, 15) is 4.39 Å². The third-order valence-electron chi connectivity index (χ3n) is 3.63. The largest absolute Gasteiger partial charge is 0.313 e. The summed E-state index contributed by atoms with van der Waals surface area (Å²) in [6.07, 6.45) is 6.90. The summed E-state index contributed by atoms with van der Waals surface area (Å²) in [5.74, 6) is 0. The molecule has 0 radical (unpaired) electrons. The van der Waals surface area contributed by atoms with Gasteiger partial charge in [0.2, 0.25) is 0 Å². The molecule has 2 rings (SSSR count). The number of halogens is 1. The Morgan fingerprint density at radius 1 is 1.07 bits per heavy atom. The summed E-state index contributed by atoms with van der Waals surface area (Å²) in [6.45, 7) is 4.41. The normalized spacial score (nSPS) is 35.0. The van der Waals surface area contributed by atoms with E-state index in [1.54, 1.807) is 0 Å². The van der Waals surface area contributed by atoms with Crippen LogP contribution in [0.3, 0.4) is 0 Å². The monoisotopic (exact) mass is 214 g/mol. The van der Waals surface area contributed by atoms with Gasteiger partial charge in [0.25, 0.3) is 0 Å². The van der Waals surface area contributed by atoms with Gasteiger partial charge in [0.05, 0.1) is 0 Å². The van der Waals surface area contributed by atoms with E-state index in [-0.39, 0.29) is 0 Å². The summed E-state index contributed by atoms with van der Waals surface area (Å²) in [5.41, 5.74) is -0.956. The first-order valence-electron chi connectivity index (χ1n) is 6.41. The van der Waals surface area contributed by atoms with E-state index in [0.717, 1.165) is 32.5 Å². The van der Waals surface area contributed by atoms with Crippen molar-refractivity contribution in [1.82, 2.24) is 10.2 Å². The minimum atomic E-state index is -0.956. The van der Waals surface area contributed by atoms with Crippen LogP contribution in [0.4, 0.5) is 4.39 Å². The molecule has 88 valence electrons. The van der Waals surface area contributed by atoms with Crippen molar-refractivity contribution >= 4 is 0 Å². The van der Waals surface area contributed by atoms with Crippen molar-refractivity contribution in [2.75, 3.05) is 32.7 Å². The topological polar surface area (TPSA) is 15.3 Å². The Morgan fingerprint density at radius 2 is 1.80 bits per heavy atom. The van der Waals surface area contributed by atoms with E-state index < -0.39 is 5.67 Å². The van der Waals surface area contributed by atoms with E-state index in [1.165, 1.54) is 25.7 Å². The second-order valence-electron chi connectivity index (χ2n) is 5.12. The lowest BCUT2D eigenvalue weighted by Gasteiger charge is -2.34. The van der Waals surface area contributed by atoms with Crippen molar-refractivity contribution < 1.29 is 4.39 Å². The second kappa shape index (κ2) is 5.26. The van der Waals surface area contributed by atoms with E-state index in [0.29, 0.717) is 13.1 Å². The minimum Gasteiger partial charge on any atom is -0.313 e. The highest BCUT2D eigenvalue weighted by Gasteiger charge is 2.33. The summed E-state index contributed by atoms with van der Waals surface area (Å²) >= 11 is 0. The Bertz CT molecular complexity index is 182. The van der Waals surface area contributed by atoms with Crippen molar-refractivity contribution in [3.8, 4) is 0 Å². The third kappa shape index (κ3) is 3.42. The third-order valence-corrected chi connectivity index (χ3v) is 3.63. The zero-order chi connectivity index (χ0) is 10.6. The first-order chi connectivity index (χ1) is 7.29. The standard InChI is InChI=1S/C12H23FN2/c13-12(6-5-7-14-10-12)11-15-8-3-1-2-4-9-15/h14H,1-11H2. The molecule has 2 saturated heterocycles. The fourth-order valence-corrected chi connectivity index (χ4v) is 2.76. The average molecular weight is 214 g/mol. The predicted octanol–water partition coefficient (Wildman–Crippen LogP) is 1.95. The Labute approximate surface area is 92.2 Å². The van der Waals surface area contributed by atoms with Crippen LogP contribution in [-0.4, -0.2) is 43.3 Å². The zero-order valence-corrected chi connectivity index (χ0v) is 9.60. The number of alkyl halides is 1. The lowest BCUT2D eigenvalue weighted by Crippen LogP contribution is -2.50. The molecule has 0 aromatic heterocycles. The Morgan fingerprint density at radius 3 is 2.40 bits per heavy atom. The van der Waals surface area contributed by atoms with Crippen molar-refractivity contribution in [1.29, 1.82) is 0 Å². The molecule has 0 aromatic rings. The molecule has 1 N–H and O–H groups in total. The number of likely N-dealkylation sites (tertiary alicyclic amines) is 1. The maximum absolute atomic E-state index is 14.4. The first-order valence-corrected chi connectivity index (χ1v) is 6.41. The van der Waals surface area contributed by atoms with Crippen LogP contribution in [0.1, 0.15) is 38.5 Å². The minimum absolute atomic E-state index is 0.559. The number of nitrogens with one attached hydrogen (secondary N) is 1. The van der Waals surface area contributed by atoms with Gasteiger partial charge in [-0.2, -0.15) is 0 Å². The van der Waals surface area contributed by atoms with Crippen LogP contribution in [0.25, 0.3) is 0 Å². The van der Waals surface area contributed by atoms with Crippen LogP contribution < -0.4 is 5.32 Å². The van der Waals surface area contributed by atoms with E-state index in [4.69, 9.17) is 0 Å². The highest BCUT2D eigenvalue weighted by Crippen LogP contribution is 2.23. The summed E-state index contributed by atoms with van der Waals surface area (Å²) in [5, 5.41) is 3.18. The molecule has 2 aliphatic rings. The lowest BCUT2D eigenvalue weighted by atomic mass is 9.95. The average Bonchev–Trinajstić information content (AvgIpc) is 2.47. The summed E-state index contributed by atoms with van der Waals surface area (Å²) in [7, 11) is 0. The molecule has 0 saturated carbocycles. The summed E-state index contributed by atoms with van der Waals surface area (Å²) in [4.78, 5) is 2.33. The molecular formula is C12H23FN2. The number of piperidine rings is 1. The van der Waals surface area contributed by atoms with Crippen LogP contribution in [0.15, 0.2) is 0 Å². The van der Waals surface area contributed by atoms with Gasteiger partial charge in [-0.05, 0) is 45.3 Å². The van der Waals surface area contributed by atoms with E-state index >= 15 is 0 Å². The number of hydrogen-bond donors (Lipinski definition) is 1. The molecule has 0 aliphatic carbocycles. The molecule has 1 atom stereocenters. The van der Waals surface area contributed by atoms with Gasteiger partial charge in [-0.1, -0.05) is 12.8 Å². The van der Waals surface area contributed by atoms with Crippen LogP contribution >= 0.6 is 0 Å². The molecule has 3 heteroatoms. The highest BCUT2D eigenvalue weighted by atomic mass is 19.1. The van der Waals surface area contributed by atoms with Crippen LogP contribution in [-0.2, 0) is 0 Å². The number of nitrogens with zero attached hydrogens (tertiary/aromatic N) is 1. The summed E-state index contributed by atoms with van der Waals surface area (Å²) in [6, 6.07) is 0. The van der Waals surface area contributed by atoms with Gasteiger partial charge < -0.3 is 10.2 Å². The molecule has 2 aliphatic heterocycles. The van der Waals surface area contributed by atoms with E-state index in [1.807, 2.05) is 0 Å². The Hall–Kier alpha value is -0.150. The van der Waals surface area contributed by atoms with Crippen LogP contribution in [0.2, 0.25) is 0 Å². The van der Waals surface area contributed by atoms with Crippen molar-refractivity contribution in [3.63, 3.8) is 0 Å². The molecule has 2 nitrogen and oxygen atoms in total. The quantitative estimate of drug-likeness (QED) is 0.756. The first kappa shape index (κ1) is 11.3. The molecule has 2 fully saturated rings. The van der Waals surface area contributed by atoms with E-state index in [2.05, 4.69) is 10.2 Å². The van der Waals surface area contributed by atoms with Gasteiger partial charge in [-0.25, -0.2) is 4.39 Å². The Kier molecular flexibility index (Phi) is 3.98. The van der Waals surface area contributed by atoms with Gasteiger partial charge in [-0.3, -0.25) is 0 Å². The van der Waals surface area contributed by atoms with Crippen LogP contribution in [0.5, 0.6) is 0 Å². The van der Waals surface area contributed by atoms with Crippen molar-refractivity contribution in [3.05, 3.63) is 0 Å². The molecule has 0 bridgehead atoms. The predicted molar refractivity (Wildman–Crippen MR) is 60.9 cm³/mol. The highest BCUT2D eigenvalue weighted by molar-refractivity contribution is 4.89. The number of rotatable bonds is 2. The summed E-state index contributed by atoms with van der Waals surface area (Å²) < 4.78 is 14.4. The smallest absolute Gasteiger partial charge is 0.136 e. The number of hydrogen-bond acceptors (Lipinski definition) is 2. The van der Waals surface area contributed by atoms with Crippen molar-refractivity contribution in [2.45, 2.75) is 44.2 Å². The van der Waals surface area contributed by atoms with Crippen LogP contribution in [0, 0.1) is 0 Å². The maximum atomic E-state index is 14.4. The van der Waals surface area contributed by atoms with Gasteiger partial charge in [0.1, 0.15) is 5.67 Å².